The van der Waals surface area contributed by atoms with Crippen LogP contribution in [0.2, 0.25) is 0 Å². The van der Waals surface area contributed by atoms with Crippen LogP contribution in [0.25, 0.3) is 11.3 Å². The van der Waals surface area contributed by atoms with Crippen molar-refractivity contribution in [1.29, 1.82) is 0 Å². The standard InChI is InChI=1S/C18H21N3O/c1-14-4-2-3-11-21(14)18(22)12-15-5-7-16(8-6-15)17-13-19-9-10-20-17/h5-10,13-14H,2-4,11-12H2,1H3/t14-/m1/s1. The van der Waals surface area contributed by atoms with E-state index in [4.69, 9.17) is 0 Å². The van der Waals surface area contributed by atoms with Crippen molar-refractivity contribution < 1.29 is 4.79 Å². The Labute approximate surface area is 131 Å². The number of piperidine rings is 1. The van der Waals surface area contributed by atoms with E-state index >= 15 is 0 Å². The van der Waals surface area contributed by atoms with E-state index in [0.717, 1.165) is 36.2 Å². The number of likely N-dealkylation sites (tertiary alicyclic amines) is 1. The second-order valence-electron chi connectivity index (χ2n) is 5.90. The maximum absolute atomic E-state index is 12.4. The molecule has 0 bridgehead atoms. The molecular formula is C18H21N3O. The Morgan fingerprint density at radius 3 is 2.73 bits per heavy atom. The van der Waals surface area contributed by atoms with E-state index in [1.54, 1.807) is 18.6 Å². The molecule has 114 valence electrons. The molecule has 0 unspecified atom stereocenters. The lowest BCUT2D eigenvalue weighted by Crippen LogP contribution is -2.42. The average molecular weight is 295 g/mol. The molecule has 3 rings (SSSR count). The molecule has 0 N–H and O–H groups in total. The molecule has 1 atom stereocenters. The van der Waals surface area contributed by atoms with E-state index in [-0.39, 0.29) is 5.91 Å². The first kappa shape index (κ1) is 14.7. The number of hydrogen-bond donors (Lipinski definition) is 0. The molecule has 1 aromatic heterocycles. The maximum atomic E-state index is 12.4. The Morgan fingerprint density at radius 1 is 1.23 bits per heavy atom. The van der Waals surface area contributed by atoms with E-state index in [2.05, 4.69) is 16.9 Å². The third kappa shape index (κ3) is 3.32. The predicted octanol–water partition coefficient (Wildman–Crippen LogP) is 3.09. The van der Waals surface area contributed by atoms with Crippen LogP contribution >= 0.6 is 0 Å². The number of nitrogens with zero attached hydrogens (tertiary/aromatic N) is 3. The molecule has 0 saturated carbocycles. The van der Waals surface area contributed by atoms with Gasteiger partial charge in [-0.1, -0.05) is 24.3 Å². The van der Waals surface area contributed by atoms with E-state index in [0.29, 0.717) is 12.5 Å². The van der Waals surface area contributed by atoms with Crippen molar-refractivity contribution in [2.24, 2.45) is 0 Å². The molecule has 1 aliphatic heterocycles. The molecular weight excluding hydrogens is 274 g/mol. The summed E-state index contributed by atoms with van der Waals surface area (Å²) in [5, 5.41) is 0. The second kappa shape index (κ2) is 6.69. The molecule has 1 aliphatic rings. The highest BCUT2D eigenvalue weighted by atomic mass is 16.2. The van der Waals surface area contributed by atoms with Crippen molar-refractivity contribution in [1.82, 2.24) is 14.9 Å². The molecule has 1 amide bonds. The SMILES string of the molecule is C[C@@H]1CCCCN1C(=O)Cc1ccc(-c2cnccn2)cc1. The Hall–Kier alpha value is -2.23. The monoisotopic (exact) mass is 295 g/mol. The maximum Gasteiger partial charge on any atom is 0.227 e. The first-order valence-electron chi connectivity index (χ1n) is 7.89. The molecule has 2 heterocycles. The fourth-order valence-corrected chi connectivity index (χ4v) is 2.99. The van der Waals surface area contributed by atoms with Crippen LogP contribution in [0.1, 0.15) is 31.7 Å². The van der Waals surface area contributed by atoms with Gasteiger partial charge in [0.25, 0.3) is 0 Å². The summed E-state index contributed by atoms with van der Waals surface area (Å²) in [6.07, 6.45) is 9.05. The summed E-state index contributed by atoms with van der Waals surface area (Å²) in [7, 11) is 0. The number of aromatic nitrogens is 2. The van der Waals surface area contributed by atoms with Crippen LogP contribution in [0.3, 0.4) is 0 Å². The van der Waals surface area contributed by atoms with Crippen LogP contribution < -0.4 is 0 Å². The summed E-state index contributed by atoms with van der Waals surface area (Å²) in [6, 6.07) is 8.41. The topological polar surface area (TPSA) is 46.1 Å². The van der Waals surface area contributed by atoms with Gasteiger partial charge >= 0.3 is 0 Å². The number of benzene rings is 1. The quantitative estimate of drug-likeness (QED) is 0.874. The van der Waals surface area contributed by atoms with Gasteiger partial charge in [0.15, 0.2) is 0 Å². The normalized spacial score (nSPS) is 18.2. The third-order valence-corrected chi connectivity index (χ3v) is 4.29. The van der Waals surface area contributed by atoms with Crippen LogP contribution in [-0.4, -0.2) is 33.4 Å². The Balaban J connectivity index is 1.67. The highest BCUT2D eigenvalue weighted by molar-refractivity contribution is 5.79. The number of carbonyl (C=O) groups excluding carboxylic acids is 1. The number of carbonyl (C=O) groups is 1. The van der Waals surface area contributed by atoms with E-state index in [9.17, 15) is 4.79 Å². The Bertz CT molecular complexity index is 625. The minimum Gasteiger partial charge on any atom is -0.340 e. The lowest BCUT2D eigenvalue weighted by molar-refractivity contribution is -0.133. The highest BCUT2D eigenvalue weighted by Crippen LogP contribution is 2.19. The van der Waals surface area contributed by atoms with Gasteiger partial charge in [-0.25, -0.2) is 0 Å². The van der Waals surface area contributed by atoms with Crippen LogP contribution in [0.4, 0.5) is 0 Å². The smallest absolute Gasteiger partial charge is 0.227 e. The first-order chi connectivity index (χ1) is 10.7. The van der Waals surface area contributed by atoms with Gasteiger partial charge in [-0.3, -0.25) is 14.8 Å². The van der Waals surface area contributed by atoms with Gasteiger partial charge in [0, 0.05) is 30.5 Å². The Kier molecular flexibility index (Phi) is 4.47. The number of hydrogen-bond acceptors (Lipinski definition) is 3. The van der Waals surface area contributed by atoms with E-state index < -0.39 is 0 Å². The zero-order chi connectivity index (χ0) is 15.4. The molecule has 4 nitrogen and oxygen atoms in total. The predicted molar refractivity (Wildman–Crippen MR) is 86.2 cm³/mol. The lowest BCUT2D eigenvalue weighted by atomic mass is 10.0. The molecule has 0 radical (unpaired) electrons. The molecule has 1 aromatic carbocycles. The van der Waals surface area contributed by atoms with Crippen LogP contribution in [0.5, 0.6) is 0 Å². The first-order valence-corrected chi connectivity index (χ1v) is 7.89. The second-order valence-corrected chi connectivity index (χ2v) is 5.90. The fourth-order valence-electron chi connectivity index (χ4n) is 2.99. The molecule has 1 fully saturated rings. The third-order valence-electron chi connectivity index (χ3n) is 4.29. The summed E-state index contributed by atoms with van der Waals surface area (Å²) in [5.41, 5.74) is 2.93. The van der Waals surface area contributed by atoms with Gasteiger partial charge in [-0.15, -0.1) is 0 Å². The Morgan fingerprint density at radius 2 is 2.05 bits per heavy atom. The summed E-state index contributed by atoms with van der Waals surface area (Å²) in [6.45, 7) is 3.05. The highest BCUT2D eigenvalue weighted by Gasteiger charge is 2.22. The van der Waals surface area contributed by atoms with Crippen molar-refractivity contribution in [3.05, 3.63) is 48.4 Å². The summed E-state index contributed by atoms with van der Waals surface area (Å²) < 4.78 is 0. The molecule has 1 saturated heterocycles. The summed E-state index contributed by atoms with van der Waals surface area (Å²) >= 11 is 0. The average Bonchev–Trinajstić information content (AvgIpc) is 2.57. The van der Waals surface area contributed by atoms with Crippen LogP contribution in [0.15, 0.2) is 42.9 Å². The van der Waals surface area contributed by atoms with E-state index in [1.807, 2.05) is 29.2 Å². The van der Waals surface area contributed by atoms with Crippen LogP contribution in [0, 0.1) is 0 Å². The fraction of sp³-hybridized carbons (Fsp3) is 0.389. The molecule has 2 aromatic rings. The summed E-state index contributed by atoms with van der Waals surface area (Å²) in [5.74, 6) is 0.236. The number of amides is 1. The molecule has 0 aliphatic carbocycles. The minimum atomic E-state index is 0.236. The zero-order valence-electron chi connectivity index (χ0n) is 12.9. The van der Waals surface area contributed by atoms with Crippen LogP contribution in [-0.2, 0) is 11.2 Å². The summed E-state index contributed by atoms with van der Waals surface area (Å²) in [4.78, 5) is 22.8. The van der Waals surface area contributed by atoms with E-state index in [1.165, 1.54) is 6.42 Å². The molecule has 22 heavy (non-hydrogen) atoms. The zero-order valence-corrected chi connectivity index (χ0v) is 12.9. The minimum absolute atomic E-state index is 0.236. The van der Waals surface area contributed by atoms with Crippen molar-refractivity contribution in [2.75, 3.05) is 6.54 Å². The van der Waals surface area contributed by atoms with Crippen molar-refractivity contribution in [2.45, 2.75) is 38.6 Å². The molecule has 4 heteroatoms. The van der Waals surface area contributed by atoms with Gasteiger partial charge in [-0.05, 0) is 31.7 Å². The van der Waals surface area contributed by atoms with Gasteiger partial charge in [0.2, 0.25) is 5.91 Å². The van der Waals surface area contributed by atoms with Gasteiger partial charge in [0.05, 0.1) is 18.3 Å². The van der Waals surface area contributed by atoms with Crippen molar-refractivity contribution >= 4 is 5.91 Å². The lowest BCUT2D eigenvalue weighted by Gasteiger charge is -2.33. The van der Waals surface area contributed by atoms with Gasteiger partial charge in [0.1, 0.15) is 0 Å². The van der Waals surface area contributed by atoms with Crippen molar-refractivity contribution in [3.8, 4) is 11.3 Å². The molecule has 0 spiro atoms. The van der Waals surface area contributed by atoms with Gasteiger partial charge in [-0.2, -0.15) is 0 Å². The number of rotatable bonds is 3. The largest absolute Gasteiger partial charge is 0.340 e. The van der Waals surface area contributed by atoms with Crippen molar-refractivity contribution in [3.63, 3.8) is 0 Å². The van der Waals surface area contributed by atoms with Gasteiger partial charge < -0.3 is 4.90 Å².